The Kier molecular flexibility index (Phi) is 4.19. The average Bonchev–Trinajstić information content (AvgIpc) is 2.26. The normalized spacial score (nSPS) is 10.2. The Morgan fingerprint density at radius 1 is 1.62 bits per heavy atom. The zero-order chi connectivity index (χ0) is 12.1. The molecule has 0 bridgehead atoms. The van der Waals surface area contributed by atoms with Crippen molar-refractivity contribution in [1.82, 2.24) is 4.98 Å². The van der Waals surface area contributed by atoms with Gasteiger partial charge in [0.15, 0.2) is 0 Å². The number of nitrogens with two attached hydrogens (primary N) is 1. The Labute approximate surface area is 94.2 Å². The highest BCUT2D eigenvalue weighted by molar-refractivity contribution is 5.50. The summed E-state index contributed by atoms with van der Waals surface area (Å²) >= 11 is 0. The molecular weight excluding hydrogens is 208 g/mol. The van der Waals surface area contributed by atoms with Crippen molar-refractivity contribution in [3.63, 3.8) is 0 Å². The summed E-state index contributed by atoms with van der Waals surface area (Å²) < 4.78 is 0. The lowest BCUT2D eigenvalue weighted by Gasteiger charge is -2.22. The molecule has 0 radical (unpaired) electrons. The van der Waals surface area contributed by atoms with E-state index in [1.165, 1.54) is 12.3 Å². The molecule has 1 rings (SSSR count). The van der Waals surface area contributed by atoms with Gasteiger partial charge < -0.3 is 10.6 Å². The molecule has 1 aromatic rings. The maximum atomic E-state index is 10.6. The molecule has 0 saturated heterocycles. The van der Waals surface area contributed by atoms with E-state index in [0.29, 0.717) is 13.1 Å². The van der Waals surface area contributed by atoms with Crippen molar-refractivity contribution in [2.75, 3.05) is 24.5 Å². The monoisotopic (exact) mass is 224 g/mol. The molecule has 1 aromatic heterocycles. The molecule has 0 spiro atoms. The van der Waals surface area contributed by atoms with Crippen LogP contribution in [0.1, 0.15) is 12.5 Å². The summed E-state index contributed by atoms with van der Waals surface area (Å²) in [6, 6.07) is 1.53. The number of nitro groups is 1. The van der Waals surface area contributed by atoms with Crippen molar-refractivity contribution in [3.8, 4) is 0 Å². The average molecular weight is 224 g/mol. The molecule has 88 valence electrons. The Morgan fingerprint density at radius 3 is 2.75 bits per heavy atom. The summed E-state index contributed by atoms with van der Waals surface area (Å²) in [5, 5.41) is 10.6. The van der Waals surface area contributed by atoms with Gasteiger partial charge in [0.1, 0.15) is 12.0 Å². The molecule has 0 amide bonds. The highest BCUT2D eigenvalue weighted by Crippen LogP contribution is 2.20. The number of likely N-dealkylation sites (N-methyl/N-ethyl adjacent to an activating group) is 1. The van der Waals surface area contributed by atoms with E-state index in [1.54, 1.807) is 0 Å². The Morgan fingerprint density at radius 2 is 2.31 bits per heavy atom. The predicted octanol–water partition coefficient (Wildman–Crippen LogP) is 1.08. The van der Waals surface area contributed by atoms with Crippen LogP contribution in [0.25, 0.3) is 0 Å². The summed E-state index contributed by atoms with van der Waals surface area (Å²) in [7, 11) is 0. The number of hydrogen-bond donors (Lipinski definition) is 1. The third-order valence-corrected chi connectivity index (χ3v) is 2.33. The quantitative estimate of drug-likeness (QED) is 0.597. The molecule has 0 fully saturated rings. The van der Waals surface area contributed by atoms with E-state index in [1.807, 2.05) is 18.7 Å². The molecule has 2 N–H and O–H groups in total. The van der Waals surface area contributed by atoms with Gasteiger partial charge in [-0.25, -0.2) is 4.98 Å². The molecule has 0 aromatic carbocycles. The molecule has 0 aliphatic rings. The molecule has 0 saturated carbocycles. The van der Waals surface area contributed by atoms with E-state index in [0.717, 1.165) is 17.9 Å². The van der Waals surface area contributed by atoms with Crippen LogP contribution < -0.4 is 10.6 Å². The first-order chi connectivity index (χ1) is 7.60. The summed E-state index contributed by atoms with van der Waals surface area (Å²) in [4.78, 5) is 16.2. The van der Waals surface area contributed by atoms with Gasteiger partial charge in [0, 0.05) is 25.7 Å². The highest BCUT2D eigenvalue weighted by atomic mass is 16.6. The number of aromatic nitrogens is 1. The smallest absolute Gasteiger partial charge is 0.287 e. The Hall–Kier alpha value is -1.69. The highest BCUT2D eigenvalue weighted by Gasteiger charge is 2.13. The standard InChI is InChI=1S/C10H16N4O2/c1-3-13(5-4-11)10-8(2)6-9(7-12-10)14(15)16/h6-7H,3-5,11H2,1-2H3. The van der Waals surface area contributed by atoms with E-state index in [-0.39, 0.29) is 5.69 Å². The minimum atomic E-state index is -0.441. The molecular formula is C10H16N4O2. The maximum absolute atomic E-state index is 10.6. The number of nitrogens with zero attached hydrogens (tertiary/aromatic N) is 3. The zero-order valence-corrected chi connectivity index (χ0v) is 9.51. The lowest BCUT2D eigenvalue weighted by Crippen LogP contribution is -2.30. The van der Waals surface area contributed by atoms with Crippen molar-refractivity contribution in [3.05, 3.63) is 27.9 Å². The van der Waals surface area contributed by atoms with Gasteiger partial charge in [-0.2, -0.15) is 0 Å². The van der Waals surface area contributed by atoms with Gasteiger partial charge in [-0.3, -0.25) is 10.1 Å². The first kappa shape index (κ1) is 12.4. The number of anilines is 1. The fourth-order valence-electron chi connectivity index (χ4n) is 1.55. The van der Waals surface area contributed by atoms with Crippen molar-refractivity contribution < 1.29 is 4.92 Å². The number of pyridine rings is 1. The van der Waals surface area contributed by atoms with Crippen LogP contribution >= 0.6 is 0 Å². The van der Waals surface area contributed by atoms with Gasteiger partial charge in [0.2, 0.25) is 0 Å². The summed E-state index contributed by atoms with van der Waals surface area (Å²) in [6.07, 6.45) is 1.28. The molecule has 6 nitrogen and oxygen atoms in total. The summed E-state index contributed by atoms with van der Waals surface area (Å²) in [5.74, 6) is 0.763. The lowest BCUT2D eigenvalue weighted by molar-refractivity contribution is -0.385. The third-order valence-electron chi connectivity index (χ3n) is 2.33. The van der Waals surface area contributed by atoms with Crippen molar-refractivity contribution >= 4 is 11.5 Å². The van der Waals surface area contributed by atoms with Gasteiger partial charge in [0.05, 0.1) is 4.92 Å². The molecule has 0 atom stereocenters. The molecule has 1 heterocycles. The van der Waals surface area contributed by atoms with Crippen LogP contribution in [0.3, 0.4) is 0 Å². The van der Waals surface area contributed by atoms with Gasteiger partial charge in [0.25, 0.3) is 5.69 Å². The van der Waals surface area contributed by atoms with Gasteiger partial charge >= 0.3 is 0 Å². The summed E-state index contributed by atoms with van der Waals surface area (Å²) in [6.45, 7) is 5.82. The topological polar surface area (TPSA) is 85.3 Å². The molecule has 0 unspecified atom stereocenters. The van der Waals surface area contributed by atoms with E-state index in [4.69, 9.17) is 5.73 Å². The number of hydrogen-bond acceptors (Lipinski definition) is 5. The Bertz CT molecular complexity index is 381. The third kappa shape index (κ3) is 2.66. The molecule has 0 aliphatic heterocycles. The molecule has 16 heavy (non-hydrogen) atoms. The fraction of sp³-hybridized carbons (Fsp3) is 0.500. The minimum Gasteiger partial charge on any atom is -0.355 e. The van der Waals surface area contributed by atoms with Crippen LogP contribution in [-0.4, -0.2) is 29.5 Å². The number of aryl methyl sites for hydroxylation is 1. The second-order valence-corrected chi connectivity index (χ2v) is 3.46. The van der Waals surface area contributed by atoms with E-state index >= 15 is 0 Å². The predicted molar refractivity (Wildman–Crippen MR) is 62.6 cm³/mol. The second kappa shape index (κ2) is 5.41. The fourth-order valence-corrected chi connectivity index (χ4v) is 1.55. The molecule has 0 aliphatic carbocycles. The zero-order valence-electron chi connectivity index (χ0n) is 9.51. The van der Waals surface area contributed by atoms with E-state index in [2.05, 4.69) is 4.98 Å². The van der Waals surface area contributed by atoms with Gasteiger partial charge in [-0.05, 0) is 19.4 Å². The van der Waals surface area contributed by atoms with Gasteiger partial charge in [-0.15, -0.1) is 0 Å². The minimum absolute atomic E-state index is 0.0186. The first-order valence-corrected chi connectivity index (χ1v) is 5.16. The van der Waals surface area contributed by atoms with Crippen molar-refractivity contribution in [2.45, 2.75) is 13.8 Å². The lowest BCUT2D eigenvalue weighted by atomic mass is 10.2. The molecule has 6 heteroatoms. The van der Waals surface area contributed by atoms with Crippen LogP contribution in [0.15, 0.2) is 12.3 Å². The number of rotatable bonds is 5. The van der Waals surface area contributed by atoms with E-state index < -0.39 is 4.92 Å². The van der Waals surface area contributed by atoms with Crippen LogP contribution in [0.4, 0.5) is 11.5 Å². The largest absolute Gasteiger partial charge is 0.355 e. The van der Waals surface area contributed by atoms with Crippen molar-refractivity contribution in [1.29, 1.82) is 0 Å². The Balaban J connectivity index is 3.01. The van der Waals surface area contributed by atoms with Crippen LogP contribution in [0, 0.1) is 17.0 Å². The second-order valence-electron chi connectivity index (χ2n) is 3.46. The first-order valence-electron chi connectivity index (χ1n) is 5.16. The maximum Gasteiger partial charge on any atom is 0.287 e. The van der Waals surface area contributed by atoms with Crippen LogP contribution in [0.5, 0.6) is 0 Å². The van der Waals surface area contributed by atoms with E-state index in [9.17, 15) is 10.1 Å². The van der Waals surface area contributed by atoms with Crippen LogP contribution in [-0.2, 0) is 0 Å². The SMILES string of the molecule is CCN(CCN)c1ncc([N+](=O)[O-])cc1C. The van der Waals surface area contributed by atoms with Gasteiger partial charge in [-0.1, -0.05) is 0 Å². The van der Waals surface area contributed by atoms with Crippen molar-refractivity contribution in [2.24, 2.45) is 5.73 Å². The summed E-state index contributed by atoms with van der Waals surface area (Å²) in [5.41, 5.74) is 6.31. The van der Waals surface area contributed by atoms with Crippen LogP contribution in [0.2, 0.25) is 0 Å².